The second-order valence-electron chi connectivity index (χ2n) is 4.53. The largest absolute Gasteiger partial charge is 0.460 e. The van der Waals surface area contributed by atoms with E-state index in [9.17, 15) is 9.59 Å². The molecule has 1 heterocycles. The fourth-order valence-electron chi connectivity index (χ4n) is 1.88. The van der Waals surface area contributed by atoms with Crippen molar-refractivity contribution >= 4 is 11.8 Å². The van der Waals surface area contributed by atoms with Crippen molar-refractivity contribution in [3.8, 4) is 0 Å². The van der Waals surface area contributed by atoms with E-state index in [0.29, 0.717) is 12.2 Å². The van der Waals surface area contributed by atoms with Crippen LogP contribution < -0.4 is 0 Å². The minimum atomic E-state index is -0.846. The first-order valence-electron chi connectivity index (χ1n) is 6.86. The summed E-state index contributed by atoms with van der Waals surface area (Å²) in [5.41, 5.74) is 1.21. The van der Waals surface area contributed by atoms with Crippen LogP contribution in [0.5, 0.6) is 0 Å². The van der Waals surface area contributed by atoms with Crippen molar-refractivity contribution in [1.29, 1.82) is 0 Å². The lowest BCUT2D eigenvalue weighted by Gasteiger charge is -1.99. The number of Topliss-reactive ketones (excluding diaryl/α,β-unsaturated/α-hetero) is 1. The first-order chi connectivity index (χ1) is 10.2. The summed E-state index contributed by atoms with van der Waals surface area (Å²) in [5.74, 6) is -0.545. The SMILES string of the molecule is CCOC(=O)C(=O)Cc1ncc(CCc2ccccc2)o1. The molecule has 0 unspecified atom stereocenters. The van der Waals surface area contributed by atoms with E-state index < -0.39 is 11.8 Å². The second kappa shape index (κ2) is 7.38. The second-order valence-corrected chi connectivity index (χ2v) is 4.53. The van der Waals surface area contributed by atoms with Crippen LogP contribution in [0.3, 0.4) is 0 Å². The number of nitrogens with zero attached hydrogens (tertiary/aromatic N) is 1. The molecule has 0 N–H and O–H groups in total. The van der Waals surface area contributed by atoms with Gasteiger partial charge in [0.2, 0.25) is 11.7 Å². The third-order valence-electron chi connectivity index (χ3n) is 2.92. The van der Waals surface area contributed by atoms with Gasteiger partial charge >= 0.3 is 5.97 Å². The monoisotopic (exact) mass is 287 g/mol. The van der Waals surface area contributed by atoms with Crippen molar-refractivity contribution in [1.82, 2.24) is 4.98 Å². The van der Waals surface area contributed by atoms with Gasteiger partial charge < -0.3 is 9.15 Å². The number of hydrogen-bond acceptors (Lipinski definition) is 5. The van der Waals surface area contributed by atoms with Crippen LogP contribution in [0.25, 0.3) is 0 Å². The molecule has 0 saturated heterocycles. The first-order valence-corrected chi connectivity index (χ1v) is 6.86. The van der Waals surface area contributed by atoms with E-state index in [1.165, 1.54) is 5.56 Å². The molecule has 0 radical (unpaired) electrons. The van der Waals surface area contributed by atoms with Crippen LogP contribution in [0, 0.1) is 0 Å². The van der Waals surface area contributed by atoms with E-state index in [0.717, 1.165) is 6.42 Å². The highest BCUT2D eigenvalue weighted by molar-refractivity contribution is 6.33. The topological polar surface area (TPSA) is 69.4 Å². The zero-order valence-corrected chi connectivity index (χ0v) is 11.9. The van der Waals surface area contributed by atoms with E-state index in [2.05, 4.69) is 9.72 Å². The Balaban J connectivity index is 1.87. The van der Waals surface area contributed by atoms with Gasteiger partial charge in [0.25, 0.3) is 0 Å². The standard InChI is InChI=1S/C16H17NO4/c1-2-20-16(19)14(18)10-15-17-11-13(21-15)9-8-12-6-4-3-5-7-12/h3-7,11H,2,8-10H2,1H3. The van der Waals surface area contributed by atoms with Crippen molar-refractivity contribution in [2.24, 2.45) is 0 Å². The molecule has 0 amide bonds. The fourth-order valence-corrected chi connectivity index (χ4v) is 1.88. The molecule has 1 aromatic carbocycles. The van der Waals surface area contributed by atoms with Gasteiger partial charge in [0.1, 0.15) is 5.76 Å². The molecule has 5 heteroatoms. The molecule has 1 aromatic heterocycles. The number of hydrogen-bond donors (Lipinski definition) is 0. The van der Waals surface area contributed by atoms with Gasteiger partial charge in [-0.3, -0.25) is 4.79 Å². The number of oxazole rings is 1. The van der Waals surface area contributed by atoms with Crippen molar-refractivity contribution in [2.75, 3.05) is 6.61 Å². The number of rotatable bonds is 7. The van der Waals surface area contributed by atoms with Gasteiger partial charge in [0.05, 0.1) is 19.2 Å². The van der Waals surface area contributed by atoms with Gasteiger partial charge in [-0.15, -0.1) is 0 Å². The summed E-state index contributed by atoms with van der Waals surface area (Å²) in [4.78, 5) is 26.8. The van der Waals surface area contributed by atoms with Crippen LogP contribution in [-0.2, 0) is 33.6 Å². The predicted molar refractivity (Wildman–Crippen MR) is 75.7 cm³/mol. The Hall–Kier alpha value is -2.43. The first kappa shape index (κ1) is 15.0. The summed E-state index contributed by atoms with van der Waals surface area (Å²) in [5, 5.41) is 0. The predicted octanol–water partition coefficient (Wildman–Crippen LogP) is 2.13. The summed E-state index contributed by atoms with van der Waals surface area (Å²) >= 11 is 0. The van der Waals surface area contributed by atoms with Crippen molar-refractivity contribution in [3.63, 3.8) is 0 Å². The Morgan fingerprint density at radius 3 is 2.67 bits per heavy atom. The Morgan fingerprint density at radius 2 is 1.95 bits per heavy atom. The average Bonchev–Trinajstić information content (AvgIpc) is 2.94. The molecular weight excluding hydrogens is 270 g/mol. The Morgan fingerprint density at radius 1 is 1.19 bits per heavy atom. The third-order valence-corrected chi connectivity index (χ3v) is 2.92. The Labute approximate surface area is 122 Å². The molecule has 0 aliphatic carbocycles. The summed E-state index contributed by atoms with van der Waals surface area (Å²) in [6.45, 7) is 1.83. The molecule has 0 aliphatic heterocycles. The summed E-state index contributed by atoms with van der Waals surface area (Å²) in [6.07, 6.45) is 2.97. The van der Waals surface area contributed by atoms with Crippen LogP contribution in [0.1, 0.15) is 24.1 Å². The number of aryl methyl sites for hydroxylation is 2. The van der Waals surface area contributed by atoms with Gasteiger partial charge in [0.15, 0.2) is 0 Å². The van der Waals surface area contributed by atoms with Crippen LogP contribution in [0.2, 0.25) is 0 Å². The van der Waals surface area contributed by atoms with Gasteiger partial charge in [-0.2, -0.15) is 0 Å². The minimum Gasteiger partial charge on any atom is -0.460 e. The maximum Gasteiger partial charge on any atom is 0.375 e. The van der Waals surface area contributed by atoms with E-state index in [-0.39, 0.29) is 18.9 Å². The zero-order chi connectivity index (χ0) is 15.1. The molecule has 0 atom stereocenters. The molecule has 2 aromatic rings. The molecule has 2 rings (SSSR count). The lowest BCUT2D eigenvalue weighted by molar-refractivity contribution is -0.153. The quantitative estimate of drug-likeness (QED) is 0.576. The lowest BCUT2D eigenvalue weighted by Crippen LogP contribution is -2.19. The normalized spacial score (nSPS) is 10.3. The molecule has 0 fully saturated rings. The molecule has 0 saturated carbocycles. The third kappa shape index (κ3) is 4.56. The summed E-state index contributed by atoms with van der Waals surface area (Å²) < 4.78 is 10.1. The van der Waals surface area contributed by atoms with Gasteiger partial charge in [0, 0.05) is 6.42 Å². The molecule has 0 aliphatic rings. The van der Waals surface area contributed by atoms with Gasteiger partial charge in [-0.1, -0.05) is 30.3 Å². The van der Waals surface area contributed by atoms with Crippen LogP contribution >= 0.6 is 0 Å². The Kier molecular flexibility index (Phi) is 5.26. The smallest absolute Gasteiger partial charge is 0.375 e. The maximum atomic E-state index is 11.5. The van der Waals surface area contributed by atoms with Crippen LogP contribution in [-0.4, -0.2) is 23.3 Å². The minimum absolute atomic E-state index is 0.163. The summed E-state index contributed by atoms with van der Waals surface area (Å²) in [6, 6.07) is 10.0. The fraction of sp³-hybridized carbons (Fsp3) is 0.312. The number of benzene rings is 1. The highest BCUT2D eigenvalue weighted by Gasteiger charge is 2.18. The summed E-state index contributed by atoms with van der Waals surface area (Å²) in [7, 11) is 0. The maximum absolute atomic E-state index is 11.5. The number of esters is 1. The molecule has 0 spiro atoms. The molecule has 5 nitrogen and oxygen atoms in total. The van der Waals surface area contributed by atoms with Gasteiger partial charge in [-0.05, 0) is 18.9 Å². The highest BCUT2D eigenvalue weighted by atomic mass is 16.5. The van der Waals surface area contributed by atoms with E-state index in [1.54, 1.807) is 13.1 Å². The van der Waals surface area contributed by atoms with Crippen molar-refractivity contribution in [2.45, 2.75) is 26.2 Å². The molecule has 110 valence electrons. The number of ether oxygens (including phenoxy) is 1. The van der Waals surface area contributed by atoms with Crippen LogP contribution in [0.15, 0.2) is 40.9 Å². The molecular formula is C16H17NO4. The Bertz CT molecular complexity index is 604. The number of ketones is 1. The zero-order valence-electron chi connectivity index (χ0n) is 11.9. The number of carbonyl (C=O) groups is 2. The van der Waals surface area contributed by atoms with Crippen LogP contribution in [0.4, 0.5) is 0 Å². The highest BCUT2D eigenvalue weighted by Crippen LogP contribution is 2.10. The number of aromatic nitrogens is 1. The van der Waals surface area contributed by atoms with Gasteiger partial charge in [-0.25, -0.2) is 9.78 Å². The molecule has 21 heavy (non-hydrogen) atoms. The molecule has 0 bridgehead atoms. The van der Waals surface area contributed by atoms with Crippen molar-refractivity contribution in [3.05, 3.63) is 53.7 Å². The van der Waals surface area contributed by atoms with E-state index in [1.807, 2.05) is 30.3 Å². The lowest BCUT2D eigenvalue weighted by atomic mass is 10.1. The van der Waals surface area contributed by atoms with E-state index >= 15 is 0 Å². The van der Waals surface area contributed by atoms with Crippen molar-refractivity contribution < 1.29 is 18.7 Å². The van der Waals surface area contributed by atoms with E-state index in [4.69, 9.17) is 4.42 Å². The number of carbonyl (C=O) groups excluding carboxylic acids is 2. The average molecular weight is 287 g/mol.